The Labute approximate surface area is 179 Å². The molecule has 1 atom stereocenters. The maximum Gasteiger partial charge on any atom is 0.188 e. The molecule has 0 aliphatic heterocycles. The highest BCUT2D eigenvalue weighted by molar-refractivity contribution is 14.0. The molecule has 0 fully saturated rings. The Bertz CT molecular complexity index is 668. The van der Waals surface area contributed by atoms with Gasteiger partial charge in [0.05, 0.1) is 6.54 Å². The monoisotopic (exact) mass is 483 g/mol. The first-order valence-corrected chi connectivity index (χ1v) is 9.07. The van der Waals surface area contributed by atoms with Gasteiger partial charge >= 0.3 is 0 Å². The Hall–Kier alpha value is -1.64. The van der Waals surface area contributed by atoms with Crippen molar-refractivity contribution in [1.82, 2.24) is 5.32 Å². The minimum absolute atomic E-state index is 0. The van der Waals surface area contributed by atoms with Crippen LogP contribution in [0.25, 0.3) is 0 Å². The number of ether oxygens (including phenoxy) is 1. The molecule has 0 aromatic heterocycles. The van der Waals surface area contributed by atoms with Crippen molar-refractivity contribution < 1.29 is 9.84 Å². The molecule has 0 amide bonds. The van der Waals surface area contributed by atoms with Crippen LogP contribution < -0.4 is 11.1 Å². The zero-order valence-electron chi connectivity index (χ0n) is 15.8. The molecule has 0 saturated carbocycles. The topological polar surface area (TPSA) is 79.9 Å². The van der Waals surface area contributed by atoms with Crippen LogP contribution in [-0.2, 0) is 16.8 Å². The SMILES string of the molecule is CCOCCCNC(N)=NCC(O)(Cc1ccccc1)c1ccccc1.I. The molecule has 0 saturated heterocycles. The second-order valence-corrected chi connectivity index (χ2v) is 6.24. The highest BCUT2D eigenvalue weighted by Crippen LogP contribution is 2.26. The first-order valence-electron chi connectivity index (χ1n) is 9.07. The summed E-state index contributed by atoms with van der Waals surface area (Å²) in [5.41, 5.74) is 6.73. The van der Waals surface area contributed by atoms with Crippen molar-refractivity contribution in [2.24, 2.45) is 10.7 Å². The summed E-state index contributed by atoms with van der Waals surface area (Å²) in [4.78, 5) is 4.38. The molecular weight excluding hydrogens is 453 g/mol. The normalized spacial score (nSPS) is 13.5. The van der Waals surface area contributed by atoms with Crippen LogP contribution in [0.5, 0.6) is 0 Å². The molecule has 0 bridgehead atoms. The van der Waals surface area contributed by atoms with Crippen LogP contribution in [0.4, 0.5) is 0 Å². The van der Waals surface area contributed by atoms with Crippen molar-refractivity contribution in [2.75, 3.05) is 26.3 Å². The predicted octanol–water partition coefficient (Wildman–Crippen LogP) is 3.07. The number of nitrogens with one attached hydrogen (secondary N) is 1. The van der Waals surface area contributed by atoms with Crippen LogP contribution in [0.15, 0.2) is 65.7 Å². The predicted molar refractivity (Wildman–Crippen MR) is 122 cm³/mol. The van der Waals surface area contributed by atoms with Gasteiger partial charge < -0.3 is 20.9 Å². The molecule has 4 N–H and O–H groups in total. The quantitative estimate of drug-likeness (QED) is 0.210. The average Bonchev–Trinajstić information content (AvgIpc) is 2.68. The number of rotatable bonds is 10. The lowest BCUT2D eigenvalue weighted by molar-refractivity contribution is 0.0467. The Kier molecular flexibility index (Phi) is 11.0. The van der Waals surface area contributed by atoms with E-state index >= 15 is 0 Å². The molecule has 1 unspecified atom stereocenters. The summed E-state index contributed by atoms with van der Waals surface area (Å²) in [5, 5.41) is 14.4. The van der Waals surface area contributed by atoms with E-state index in [4.69, 9.17) is 10.5 Å². The third-order valence-corrected chi connectivity index (χ3v) is 4.14. The number of aliphatic imine (C=N–C) groups is 1. The van der Waals surface area contributed by atoms with Crippen LogP contribution in [0, 0.1) is 0 Å². The first-order chi connectivity index (χ1) is 12.6. The average molecular weight is 483 g/mol. The van der Waals surface area contributed by atoms with Gasteiger partial charge in [-0.2, -0.15) is 0 Å². The molecular formula is C21H30IN3O2. The van der Waals surface area contributed by atoms with Gasteiger partial charge in [0, 0.05) is 26.2 Å². The summed E-state index contributed by atoms with van der Waals surface area (Å²) in [5.74, 6) is 0.337. The van der Waals surface area contributed by atoms with Crippen molar-refractivity contribution in [3.8, 4) is 0 Å². The number of guanidine groups is 1. The molecule has 2 aromatic carbocycles. The molecule has 2 rings (SSSR count). The van der Waals surface area contributed by atoms with Crippen molar-refractivity contribution in [2.45, 2.75) is 25.4 Å². The van der Waals surface area contributed by atoms with E-state index in [0.717, 1.165) is 17.5 Å². The number of aliphatic hydroxyl groups is 1. The summed E-state index contributed by atoms with van der Waals surface area (Å²) in [7, 11) is 0. The molecule has 5 nitrogen and oxygen atoms in total. The van der Waals surface area contributed by atoms with Crippen molar-refractivity contribution in [3.05, 3.63) is 71.8 Å². The van der Waals surface area contributed by atoms with Gasteiger partial charge in [-0.15, -0.1) is 24.0 Å². The number of benzene rings is 2. The number of nitrogens with two attached hydrogens (primary N) is 1. The van der Waals surface area contributed by atoms with E-state index in [0.29, 0.717) is 32.1 Å². The molecule has 6 heteroatoms. The Morgan fingerprint density at radius 3 is 2.37 bits per heavy atom. The summed E-state index contributed by atoms with van der Waals surface area (Å²) in [6.45, 7) is 4.26. The first kappa shape index (κ1) is 23.4. The summed E-state index contributed by atoms with van der Waals surface area (Å²) < 4.78 is 5.29. The van der Waals surface area contributed by atoms with E-state index in [-0.39, 0.29) is 30.5 Å². The number of nitrogens with zero attached hydrogens (tertiary/aromatic N) is 1. The van der Waals surface area contributed by atoms with Gasteiger partial charge in [0.25, 0.3) is 0 Å². The number of halogens is 1. The third kappa shape index (κ3) is 8.28. The number of hydrogen-bond acceptors (Lipinski definition) is 3. The smallest absolute Gasteiger partial charge is 0.188 e. The molecule has 148 valence electrons. The molecule has 0 aliphatic rings. The molecule has 27 heavy (non-hydrogen) atoms. The van der Waals surface area contributed by atoms with Crippen molar-refractivity contribution >= 4 is 29.9 Å². The van der Waals surface area contributed by atoms with Crippen LogP contribution >= 0.6 is 24.0 Å². The zero-order chi connectivity index (χ0) is 18.7. The van der Waals surface area contributed by atoms with E-state index in [1.54, 1.807) is 0 Å². The fourth-order valence-electron chi connectivity index (χ4n) is 2.74. The minimum atomic E-state index is -1.11. The molecule has 2 aromatic rings. The third-order valence-electron chi connectivity index (χ3n) is 4.14. The Morgan fingerprint density at radius 1 is 1.11 bits per heavy atom. The van der Waals surface area contributed by atoms with Gasteiger partial charge in [0.1, 0.15) is 5.60 Å². The van der Waals surface area contributed by atoms with E-state index < -0.39 is 5.60 Å². The molecule has 0 heterocycles. The minimum Gasteiger partial charge on any atom is -0.383 e. The molecule has 0 spiro atoms. The zero-order valence-corrected chi connectivity index (χ0v) is 18.1. The summed E-state index contributed by atoms with van der Waals surface area (Å²) in [6, 6.07) is 19.5. The summed E-state index contributed by atoms with van der Waals surface area (Å²) >= 11 is 0. The summed E-state index contributed by atoms with van der Waals surface area (Å²) in [6.07, 6.45) is 1.33. The Morgan fingerprint density at radius 2 is 1.74 bits per heavy atom. The van der Waals surface area contributed by atoms with Crippen LogP contribution in [0.1, 0.15) is 24.5 Å². The lowest BCUT2D eigenvalue weighted by Crippen LogP contribution is -2.37. The van der Waals surface area contributed by atoms with E-state index in [2.05, 4.69) is 10.3 Å². The van der Waals surface area contributed by atoms with Gasteiger partial charge in [0.15, 0.2) is 5.96 Å². The highest BCUT2D eigenvalue weighted by atomic mass is 127. The number of hydrogen-bond donors (Lipinski definition) is 3. The molecule has 0 radical (unpaired) electrons. The van der Waals surface area contributed by atoms with Gasteiger partial charge in [-0.05, 0) is 24.5 Å². The highest BCUT2D eigenvalue weighted by Gasteiger charge is 2.29. The van der Waals surface area contributed by atoms with E-state index in [1.165, 1.54) is 0 Å². The largest absolute Gasteiger partial charge is 0.383 e. The lowest BCUT2D eigenvalue weighted by Gasteiger charge is -2.27. The lowest BCUT2D eigenvalue weighted by atomic mass is 9.87. The maximum atomic E-state index is 11.3. The van der Waals surface area contributed by atoms with Crippen molar-refractivity contribution in [1.29, 1.82) is 0 Å². The second-order valence-electron chi connectivity index (χ2n) is 6.24. The van der Waals surface area contributed by atoms with Gasteiger partial charge in [-0.1, -0.05) is 60.7 Å². The maximum absolute atomic E-state index is 11.3. The Balaban J connectivity index is 0.00000364. The fraction of sp³-hybridized carbons (Fsp3) is 0.381. The van der Waals surface area contributed by atoms with Crippen LogP contribution in [0.3, 0.4) is 0 Å². The fourth-order valence-corrected chi connectivity index (χ4v) is 2.74. The standard InChI is InChI=1S/C21H29N3O2.HI/c1-2-26-15-9-14-23-20(22)24-17-21(25,19-12-7-4-8-13-19)16-18-10-5-3-6-11-18;/h3-8,10-13,25H,2,9,14-17H2,1H3,(H3,22,23,24);1H. The van der Waals surface area contributed by atoms with Gasteiger partial charge in [0.2, 0.25) is 0 Å². The van der Waals surface area contributed by atoms with Gasteiger partial charge in [-0.25, -0.2) is 0 Å². The van der Waals surface area contributed by atoms with Crippen LogP contribution in [0.2, 0.25) is 0 Å². The second kappa shape index (κ2) is 12.7. The van der Waals surface area contributed by atoms with E-state index in [1.807, 2.05) is 67.6 Å². The van der Waals surface area contributed by atoms with Crippen LogP contribution in [-0.4, -0.2) is 37.4 Å². The molecule has 0 aliphatic carbocycles. The van der Waals surface area contributed by atoms with Crippen molar-refractivity contribution in [3.63, 3.8) is 0 Å². The van der Waals surface area contributed by atoms with Gasteiger partial charge in [-0.3, -0.25) is 4.99 Å². The van der Waals surface area contributed by atoms with E-state index in [9.17, 15) is 5.11 Å².